The van der Waals surface area contributed by atoms with Gasteiger partial charge in [0, 0.05) is 0 Å². The Kier molecular flexibility index (Phi) is 2.23. The minimum Gasteiger partial charge on any atom is -0.491 e. The maximum atomic E-state index is 5.96. The fourth-order valence-corrected chi connectivity index (χ4v) is 1.39. The van der Waals surface area contributed by atoms with Gasteiger partial charge < -0.3 is 10.5 Å². The first kappa shape index (κ1) is 9.53. The molecular weight excluding hydrogens is 174 g/mol. The summed E-state index contributed by atoms with van der Waals surface area (Å²) >= 11 is 0. The first-order chi connectivity index (χ1) is 6.59. The molecule has 14 heavy (non-hydrogen) atoms. The van der Waals surface area contributed by atoms with E-state index in [4.69, 9.17) is 10.5 Å². The van der Waals surface area contributed by atoms with Crippen LogP contribution in [-0.4, -0.2) is 12.1 Å². The fourth-order valence-electron chi connectivity index (χ4n) is 1.39. The summed E-state index contributed by atoms with van der Waals surface area (Å²) in [5.74, 6) is 0.974. The summed E-state index contributed by atoms with van der Waals surface area (Å²) in [6.07, 6.45) is 2.19. The topological polar surface area (TPSA) is 35.2 Å². The number of aryl methyl sites for hydroxylation is 2. The molecule has 1 saturated carbocycles. The molecule has 0 atom stereocenters. The van der Waals surface area contributed by atoms with Crippen molar-refractivity contribution >= 4 is 0 Å². The van der Waals surface area contributed by atoms with E-state index in [9.17, 15) is 0 Å². The first-order valence-electron chi connectivity index (χ1n) is 5.08. The van der Waals surface area contributed by atoms with E-state index in [0.29, 0.717) is 6.61 Å². The van der Waals surface area contributed by atoms with Gasteiger partial charge >= 0.3 is 0 Å². The van der Waals surface area contributed by atoms with Gasteiger partial charge in [-0.25, -0.2) is 0 Å². The Morgan fingerprint density at radius 1 is 1.36 bits per heavy atom. The lowest BCUT2D eigenvalue weighted by atomic mass is 10.1. The lowest BCUT2D eigenvalue weighted by molar-refractivity contribution is 0.277. The Balaban J connectivity index is 2.04. The molecule has 1 aromatic rings. The molecule has 2 N–H and O–H groups in total. The predicted molar refractivity (Wildman–Crippen MR) is 57.6 cm³/mol. The van der Waals surface area contributed by atoms with Crippen molar-refractivity contribution in [1.29, 1.82) is 0 Å². The molecule has 0 bridgehead atoms. The quantitative estimate of drug-likeness (QED) is 0.794. The summed E-state index contributed by atoms with van der Waals surface area (Å²) in [7, 11) is 0. The summed E-state index contributed by atoms with van der Waals surface area (Å²) in [6, 6.07) is 6.25. The van der Waals surface area contributed by atoms with Crippen molar-refractivity contribution in [2.24, 2.45) is 5.73 Å². The van der Waals surface area contributed by atoms with Crippen LogP contribution in [0.4, 0.5) is 0 Å². The molecule has 0 radical (unpaired) electrons. The van der Waals surface area contributed by atoms with Crippen molar-refractivity contribution in [3.8, 4) is 5.75 Å². The SMILES string of the molecule is Cc1ccc(C)c(OCC2(N)CC2)c1. The van der Waals surface area contributed by atoms with E-state index in [1.807, 2.05) is 0 Å². The smallest absolute Gasteiger partial charge is 0.122 e. The van der Waals surface area contributed by atoms with Crippen LogP contribution < -0.4 is 10.5 Å². The highest BCUT2D eigenvalue weighted by Gasteiger charge is 2.39. The second kappa shape index (κ2) is 3.28. The second-order valence-corrected chi connectivity index (χ2v) is 4.42. The Bertz CT molecular complexity index is 342. The van der Waals surface area contributed by atoms with Crippen LogP contribution in [0.2, 0.25) is 0 Å². The Morgan fingerprint density at radius 3 is 2.71 bits per heavy atom. The van der Waals surface area contributed by atoms with Gasteiger partial charge in [0.25, 0.3) is 0 Å². The summed E-state index contributed by atoms with van der Waals surface area (Å²) < 4.78 is 5.72. The highest BCUT2D eigenvalue weighted by Crippen LogP contribution is 2.33. The molecule has 2 nitrogen and oxygen atoms in total. The van der Waals surface area contributed by atoms with Crippen molar-refractivity contribution < 1.29 is 4.74 Å². The number of hydrogen-bond donors (Lipinski definition) is 1. The van der Waals surface area contributed by atoms with E-state index in [2.05, 4.69) is 32.0 Å². The maximum absolute atomic E-state index is 5.96. The number of rotatable bonds is 3. The fraction of sp³-hybridized carbons (Fsp3) is 0.500. The molecule has 0 heterocycles. The molecule has 76 valence electrons. The molecule has 2 heteroatoms. The molecule has 1 aliphatic rings. The zero-order chi connectivity index (χ0) is 10.2. The zero-order valence-electron chi connectivity index (χ0n) is 8.84. The van der Waals surface area contributed by atoms with Gasteiger partial charge in [-0.1, -0.05) is 12.1 Å². The van der Waals surface area contributed by atoms with E-state index in [-0.39, 0.29) is 5.54 Å². The van der Waals surface area contributed by atoms with Gasteiger partial charge in [-0.15, -0.1) is 0 Å². The molecule has 0 unspecified atom stereocenters. The van der Waals surface area contributed by atoms with Gasteiger partial charge in [0.2, 0.25) is 0 Å². The predicted octanol–water partition coefficient (Wildman–Crippen LogP) is 2.17. The highest BCUT2D eigenvalue weighted by atomic mass is 16.5. The van der Waals surface area contributed by atoms with Crippen molar-refractivity contribution in [1.82, 2.24) is 0 Å². The van der Waals surface area contributed by atoms with Crippen LogP contribution in [0.5, 0.6) is 5.75 Å². The van der Waals surface area contributed by atoms with Gasteiger partial charge in [0.05, 0.1) is 5.54 Å². The molecule has 0 aliphatic heterocycles. The maximum Gasteiger partial charge on any atom is 0.122 e. The third kappa shape index (κ3) is 2.07. The van der Waals surface area contributed by atoms with Crippen LogP contribution in [0.1, 0.15) is 24.0 Å². The van der Waals surface area contributed by atoms with E-state index in [1.165, 1.54) is 11.1 Å². The molecular formula is C12H17NO. The molecule has 0 amide bonds. The van der Waals surface area contributed by atoms with Crippen LogP contribution in [0, 0.1) is 13.8 Å². The van der Waals surface area contributed by atoms with E-state index in [1.54, 1.807) is 0 Å². The first-order valence-corrected chi connectivity index (χ1v) is 5.08. The summed E-state index contributed by atoms with van der Waals surface area (Å²) in [6.45, 7) is 4.78. The van der Waals surface area contributed by atoms with Crippen LogP contribution in [0.15, 0.2) is 18.2 Å². The number of benzene rings is 1. The average Bonchev–Trinajstić information content (AvgIpc) is 2.87. The van der Waals surface area contributed by atoms with Gasteiger partial charge in [-0.2, -0.15) is 0 Å². The lowest BCUT2D eigenvalue weighted by Gasteiger charge is -2.13. The van der Waals surface area contributed by atoms with Gasteiger partial charge in [0.15, 0.2) is 0 Å². The largest absolute Gasteiger partial charge is 0.491 e. The molecule has 0 spiro atoms. The van der Waals surface area contributed by atoms with Crippen LogP contribution >= 0.6 is 0 Å². The molecule has 1 fully saturated rings. The number of ether oxygens (including phenoxy) is 1. The standard InChI is InChI=1S/C12H17NO/c1-9-3-4-10(2)11(7-9)14-8-12(13)5-6-12/h3-4,7H,5-6,8,13H2,1-2H3. The van der Waals surface area contributed by atoms with Crippen LogP contribution in [0.25, 0.3) is 0 Å². The second-order valence-electron chi connectivity index (χ2n) is 4.42. The van der Waals surface area contributed by atoms with E-state index in [0.717, 1.165) is 18.6 Å². The zero-order valence-corrected chi connectivity index (χ0v) is 8.84. The van der Waals surface area contributed by atoms with Crippen LogP contribution in [-0.2, 0) is 0 Å². The average molecular weight is 191 g/mol. The van der Waals surface area contributed by atoms with Crippen molar-refractivity contribution in [2.45, 2.75) is 32.2 Å². The molecule has 0 saturated heterocycles. The van der Waals surface area contributed by atoms with Crippen molar-refractivity contribution in [3.05, 3.63) is 29.3 Å². The highest BCUT2D eigenvalue weighted by molar-refractivity contribution is 5.36. The minimum absolute atomic E-state index is 0.0316. The third-order valence-corrected chi connectivity index (χ3v) is 2.75. The monoisotopic (exact) mass is 191 g/mol. The van der Waals surface area contributed by atoms with Gasteiger partial charge in [-0.3, -0.25) is 0 Å². The molecule has 1 aromatic carbocycles. The molecule has 1 aliphatic carbocycles. The molecule has 2 rings (SSSR count). The number of hydrogen-bond acceptors (Lipinski definition) is 2. The molecule has 0 aromatic heterocycles. The van der Waals surface area contributed by atoms with Crippen LogP contribution in [0.3, 0.4) is 0 Å². The normalized spacial score (nSPS) is 17.9. The van der Waals surface area contributed by atoms with Gasteiger partial charge in [0.1, 0.15) is 12.4 Å². The Hall–Kier alpha value is -1.02. The Labute approximate surface area is 85.1 Å². The number of nitrogens with two attached hydrogens (primary N) is 1. The van der Waals surface area contributed by atoms with Crippen molar-refractivity contribution in [3.63, 3.8) is 0 Å². The van der Waals surface area contributed by atoms with Gasteiger partial charge in [-0.05, 0) is 43.9 Å². The summed E-state index contributed by atoms with van der Waals surface area (Å²) in [4.78, 5) is 0. The summed E-state index contributed by atoms with van der Waals surface area (Å²) in [5, 5.41) is 0. The minimum atomic E-state index is -0.0316. The Morgan fingerprint density at radius 2 is 2.07 bits per heavy atom. The van der Waals surface area contributed by atoms with E-state index >= 15 is 0 Å². The third-order valence-electron chi connectivity index (χ3n) is 2.75. The van der Waals surface area contributed by atoms with Crippen molar-refractivity contribution in [2.75, 3.05) is 6.61 Å². The van der Waals surface area contributed by atoms with E-state index < -0.39 is 0 Å². The summed E-state index contributed by atoms with van der Waals surface area (Å²) in [5.41, 5.74) is 8.34. The lowest BCUT2D eigenvalue weighted by Crippen LogP contribution is -2.29.